The molecule has 94 valence electrons. The van der Waals surface area contributed by atoms with Gasteiger partial charge in [0, 0.05) is 25.9 Å². The second-order valence-corrected chi connectivity index (χ2v) is 5.40. The molecule has 1 aliphatic heterocycles. The van der Waals surface area contributed by atoms with Crippen LogP contribution < -0.4 is 0 Å². The van der Waals surface area contributed by atoms with Crippen molar-refractivity contribution >= 4 is 5.97 Å². The number of ether oxygens (including phenoxy) is 1. The van der Waals surface area contributed by atoms with Crippen LogP contribution in [0.1, 0.15) is 40.5 Å². The van der Waals surface area contributed by atoms with Crippen molar-refractivity contribution in [3.63, 3.8) is 0 Å². The van der Waals surface area contributed by atoms with Gasteiger partial charge in [0.05, 0.1) is 0 Å². The molecule has 0 atom stereocenters. The zero-order valence-electron chi connectivity index (χ0n) is 10.7. The lowest BCUT2D eigenvalue weighted by Crippen LogP contribution is -2.48. The lowest BCUT2D eigenvalue weighted by molar-refractivity contribution is -0.172. The van der Waals surface area contributed by atoms with E-state index in [1.165, 1.54) is 0 Å². The molecule has 1 rings (SSSR count). The molecule has 16 heavy (non-hydrogen) atoms. The third-order valence-electron chi connectivity index (χ3n) is 2.86. The zero-order valence-corrected chi connectivity index (χ0v) is 10.7. The van der Waals surface area contributed by atoms with Gasteiger partial charge in [-0.25, -0.2) is 9.18 Å². The Kier molecular flexibility index (Phi) is 3.94. The van der Waals surface area contributed by atoms with E-state index in [2.05, 4.69) is 4.90 Å². The fraction of sp³-hybridized carbons (Fsp3) is 0.917. The van der Waals surface area contributed by atoms with E-state index < -0.39 is 17.2 Å². The number of hydrogen-bond donors (Lipinski definition) is 0. The monoisotopic (exact) mass is 231 g/mol. The van der Waals surface area contributed by atoms with Crippen LogP contribution in [-0.2, 0) is 9.53 Å². The summed E-state index contributed by atoms with van der Waals surface area (Å²) in [5.41, 5.74) is -2.39. The Morgan fingerprint density at radius 2 is 1.88 bits per heavy atom. The summed E-state index contributed by atoms with van der Waals surface area (Å²) in [5, 5.41) is 0. The summed E-state index contributed by atoms with van der Waals surface area (Å²) in [6.45, 7) is 9.49. The molecule has 0 aromatic heterocycles. The first-order valence-electron chi connectivity index (χ1n) is 5.91. The maximum Gasteiger partial charge on any atom is 0.344 e. The van der Waals surface area contributed by atoms with E-state index in [0.29, 0.717) is 13.1 Å². The van der Waals surface area contributed by atoms with Crippen molar-refractivity contribution in [2.24, 2.45) is 0 Å². The Morgan fingerprint density at radius 3 is 2.25 bits per heavy atom. The molecule has 3 nitrogen and oxygen atoms in total. The van der Waals surface area contributed by atoms with E-state index in [9.17, 15) is 9.18 Å². The minimum atomic E-state index is -1.78. The maximum atomic E-state index is 14.3. The van der Waals surface area contributed by atoms with Crippen LogP contribution in [0, 0.1) is 0 Å². The van der Waals surface area contributed by atoms with Crippen molar-refractivity contribution < 1.29 is 13.9 Å². The first-order chi connectivity index (χ1) is 7.27. The Labute approximate surface area is 96.9 Å². The number of carbonyl (C=O) groups is 1. The van der Waals surface area contributed by atoms with Crippen LogP contribution in [0.15, 0.2) is 0 Å². The highest BCUT2D eigenvalue weighted by atomic mass is 19.1. The highest BCUT2D eigenvalue weighted by Crippen LogP contribution is 2.29. The van der Waals surface area contributed by atoms with Gasteiger partial charge in [-0.05, 0) is 27.3 Å². The summed E-state index contributed by atoms with van der Waals surface area (Å²) >= 11 is 0. The van der Waals surface area contributed by atoms with Crippen molar-refractivity contribution in [1.29, 1.82) is 0 Å². The summed E-state index contributed by atoms with van der Waals surface area (Å²) in [5.74, 6) is -0.698. The summed E-state index contributed by atoms with van der Waals surface area (Å²) in [7, 11) is 0. The molecule has 0 aliphatic carbocycles. The molecule has 0 N–H and O–H groups in total. The minimum absolute atomic E-state index is 0.246. The predicted molar refractivity (Wildman–Crippen MR) is 61.0 cm³/mol. The van der Waals surface area contributed by atoms with E-state index in [1.54, 1.807) is 20.8 Å². The van der Waals surface area contributed by atoms with Gasteiger partial charge in [0.25, 0.3) is 0 Å². The lowest BCUT2D eigenvalue weighted by atomic mass is 9.93. The van der Waals surface area contributed by atoms with Crippen molar-refractivity contribution in [2.75, 3.05) is 19.6 Å². The first kappa shape index (κ1) is 13.4. The second kappa shape index (κ2) is 4.70. The van der Waals surface area contributed by atoms with Gasteiger partial charge >= 0.3 is 5.97 Å². The van der Waals surface area contributed by atoms with Crippen LogP contribution in [0.25, 0.3) is 0 Å². The number of piperidine rings is 1. The molecular formula is C12H22FNO2. The largest absolute Gasteiger partial charge is 0.458 e. The van der Waals surface area contributed by atoms with Gasteiger partial charge in [0.2, 0.25) is 5.67 Å². The van der Waals surface area contributed by atoms with E-state index >= 15 is 0 Å². The fourth-order valence-electron chi connectivity index (χ4n) is 1.80. The molecule has 0 amide bonds. The van der Waals surface area contributed by atoms with Crippen LogP contribution in [0.4, 0.5) is 4.39 Å². The standard InChI is InChI=1S/C12H22FNO2/c1-5-14-8-6-12(13,7-9-14)10(15)16-11(2,3)4/h5-9H2,1-4H3. The predicted octanol–water partition coefficient (Wildman–Crippen LogP) is 2.15. The van der Waals surface area contributed by atoms with Crippen molar-refractivity contribution in [1.82, 2.24) is 4.90 Å². The third kappa shape index (κ3) is 3.44. The molecule has 1 fully saturated rings. The van der Waals surface area contributed by atoms with Crippen LogP contribution >= 0.6 is 0 Å². The molecule has 0 saturated carbocycles. The summed E-state index contributed by atoms with van der Waals surface area (Å²) in [6.07, 6.45) is 0.492. The second-order valence-electron chi connectivity index (χ2n) is 5.40. The topological polar surface area (TPSA) is 29.5 Å². The smallest absolute Gasteiger partial charge is 0.344 e. The van der Waals surface area contributed by atoms with E-state index in [-0.39, 0.29) is 12.8 Å². The molecule has 0 aromatic rings. The molecule has 0 bridgehead atoms. The minimum Gasteiger partial charge on any atom is -0.458 e. The van der Waals surface area contributed by atoms with Gasteiger partial charge in [-0.3, -0.25) is 0 Å². The van der Waals surface area contributed by atoms with Gasteiger partial charge in [-0.1, -0.05) is 6.92 Å². The molecule has 0 spiro atoms. The van der Waals surface area contributed by atoms with Gasteiger partial charge in [-0.2, -0.15) is 0 Å². The molecule has 0 aromatic carbocycles. The Morgan fingerprint density at radius 1 is 1.38 bits per heavy atom. The normalized spacial score (nSPS) is 21.8. The summed E-state index contributed by atoms with van der Waals surface area (Å²) in [4.78, 5) is 13.9. The van der Waals surface area contributed by atoms with Gasteiger partial charge in [0.1, 0.15) is 5.60 Å². The van der Waals surface area contributed by atoms with E-state index in [4.69, 9.17) is 4.74 Å². The molecule has 1 aliphatic rings. The van der Waals surface area contributed by atoms with Gasteiger partial charge in [-0.15, -0.1) is 0 Å². The van der Waals surface area contributed by atoms with Crippen molar-refractivity contribution in [3.8, 4) is 0 Å². The number of nitrogens with zero attached hydrogens (tertiary/aromatic N) is 1. The number of likely N-dealkylation sites (tertiary alicyclic amines) is 1. The molecule has 0 radical (unpaired) electrons. The SMILES string of the molecule is CCN1CCC(F)(C(=O)OC(C)(C)C)CC1. The van der Waals surface area contributed by atoms with Crippen molar-refractivity contribution in [3.05, 3.63) is 0 Å². The molecular weight excluding hydrogens is 209 g/mol. The Bertz CT molecular complexity index is 252. The van der Waals surface area contributed by atoms with E-state index in [1.807, 2.05) is 6.92 Å². The Hall–Kier alpha value is -0.640. The quantitative estimate of drug-likeness (QED) is 0.682. The molecule has 4 heteroatoms. The summed E-state index contributed by atoms with van der Waals surface area (Å²) in [6, 6.07) is 0. The Balaban J connectivity index is 2.56. The highest BCUT2D eigenvalue weighted by molar-refractivity contribution is 5.80. The average Bonchev–Trinajstić information content (AvgIpc) is 2.16. The lowest BCUT2D eigenvalue weighted by Gasteiger charge is -2.35. The van der Waals surface area contributed by atoms with Crippen LogP contribution in [0.3, 0.4) is 0 Å². The number of carbonyl (C=O) groups excluding carboxylic acids is 1. The highest BCUT2D eigenvalue weighted by Gasteiger charge is 2.44. The molecule has 1 heterocycles. The molecule has 0 unspecified atom stereocenters. The van der Waals surface area contributed by atoms with Gasteiger partial charge < -0.3 is 9.64 Å². The van der Waals surface area contributed by atoms with Crippen LogP contribution in [0.2, 0.25) is 0 Å². The fourth-order valence-corrected chi connectivity index (χ4v) is 1.80. The summed E-state index contributed by atoms with van der Waals surface area (Å²) < 4.78 is 19.4. The van der Waals surface area contributed by atoms with Crippen molar-refractivity contribution in [2.45, 2.75) is 51.8 Å². The zero-order chi connectivity index (χ0) is 12.4. The van der Waals surface area contributed by atoms with Gasteiger partial charge in [0.15, 0.2) is 0 Å². The van der Waals surface area contributed by atoms with E-state index in [0.717, 1.165) is 6.54 Å². The molecule has 1 saturated heterocycles. The average molecular weight is 231 g/mol. The number of alkyl halides is 1. The number of rotatable bonds is 2. The number of halogens is 1. The number of hydrogen-bond acceptors (Lipinski definition) is 3. The third-order valence-corrected chi connectivity index (χ3v) is 2.86. The van der Waals surface area contributed by atoms with Crippen LogP contribution in [-0.4, -0.2) is 41.8 Å². The number of esters is 1. The first-order valence-corrected chi connectivity index (χ1v) is 5.91. The van der Waals surface area contributed by atoms with Crippen LogP contribution in [0.5, 0.6) is 0 Å². The maximum absolute atomic E-state index is 14.3.